The van der Waals surface area contributed by atoms with E-state index in [2.05, 4.69) is 15.3 Å². The van der Waals surface area contributed by atoms with Crippen molar-refractivity contribution in [3.63, 3.8) is 0 Å². The van der Waals surface area contributed by atoms with Crippen molar-refractivity contribution in [1.82, 2.24) is 20.2 Å². The fraction of sp³-hybridized carbons (Fsp3) is 0.375. The molecule has 3 rings (SSSR count). The molecule has 132 valence electrons. The highest BCUT2D eigenvalue weighted by molar-refractivity contribution is 7.99. The minimum absolute atomic E-state index is 0.161. The molecule has 0 spiro atoms. The largest absolute Gasteiger partial charge is 0.349 e. The Bertz CT molecular complexity index is 766. The van der Waals surface area contributed by atoms with Crippen LogP contribution in [0.4, 0.5) is 0 Å². The second-order valence-electron chi connectivity index (χ2n) is 5.46. The minimum Gasteiger partial charge on any atom is -0.349 e. The van der Waals surface area contributed by atoms with Crippen LogP contribution in [0, 0.1) is 0 Å². The van der Waals surface area contributed by atoms with Gasteiger partial charge >= 0.3 is 0 Å². The van der Waals surface area contributed by atoms with Crippen LogP contribution < -0.4 is 5.32 Å². The molecule has 1 aliphatic heterocycles. The zero-order valence-electron chi connectivity index (χ0n) is 13.6. The fourth-order valence-electron chi connectivity index (χ4n) is 2.42. The van der Waals surface area contributed by atoms with E-state index >= 15 is 0 Å². The summed E-state index contributed by atoms with van der Waals surface area (Å²) in [5.41, 5.74) is 1.28. The lowest BCUT2D eigenvalue weighted by Crippen LogP contribution is -2.47. The average Bonchev–Trinajstić information content (AvgIpc) is 3.29. The molecule has 1 fully saturated rings. The van der Waals surface area contributed by atoms with Gasteiger partial charge in [0.15, 0.2) is 0 Å². The Morgan fingerprint density at radius 3 is 2.96 bits per heavy atom. The van der Waals surface area contributed by atoms with Crippen LogP contribution in [-0.4, -0.2) is 44.4 Å². The van der Waals surface area contributed by atoms with Gasteiger partial charge in [-0.2, -0.15) is 0 Å². The smallest absolute Gasteiger partial charge is 0.256 e. The number of hydrogen-bond donors (Lipinski definition) is 1. The molecule has 6 nitrogen and oxygen atoms in total. The van der Waals surface area contributed by atoms with Crippen molar-refractivity contribution in [3.8, 4) is 0 Å². The van der Waals surface area contributed by atoms with Crippen LogP contribution in [-0.2, 0) is 17.8 Å². The van der Waals surface area contributed by atoms with Crippen molar-refractivity contribution in [2.24, 2.45) is 0 Å². The molecule has 2 amide bonds. The first-order chi connectivity index (χ1) is 12.1. The molecule has 3 heterocycles. The summed E-state index contributed by atoms with van der Waals surface area (Å²) < 4.78 is 0. The van der Waals surface area contributed by atoms with E-state index in [1.54, 1.807) is 40.1 Å². The van der Waals surface area contributed by atoms with E-state index in [0.717, 1.165) is 17.1 Å². The molecule has 1 saturated heterocycles. The number of aryl methyl sites for hydroxylation is 1. The number of nitrogens with zero attached hydrogens (tertiary/aromatic N) is 3. The van der Waals surface area contributed by atoms with Gasteiger partial charge in [-0.1, -0.05) is 18.5 Å². The molecule has 0 radical (unpaired) electrons. The maximum absolute atomic E-state index is 12.6. The van der Waals surface area contributed by atoms with Gasteiger partial charge in [-0.3, -0.25) is 9.59 Å². The molecule has 1 N–H and O–H groups in total. The monoisotopic (exact) mass is 396 g/mol. The maximum atomic E-state index is 12.6. The molecule has 25 heavy (non-hydrogen) atoms. The Kier molecular flexibility index (Phi) is 5.93. The van der Waals surface area contributed by atoms with Crippen LogP contribution in [0.5, 0.6) is 0 Å². The maximum Gasteiger partial charge on any atom is 0.256 e. The average molecular weight is 397 g/mol. The molecule has 1 aliphatic rings. The molecule has 9 heteroatoms. The van der Waals surface area contributed by atoms with E-state index in [0.29, 0.717) is 28.9 Å². The summed E-state index contributed by atoms with van der Waals surface area (Å²) in [6.07, 6.45) is 2.32. The molecule has 2 aromatic rings. The first kappa shape index (κ1) is 18.2. The van der Waals surface area contributed by atoms with Crippen molar-refractivity contribution in [3.05, 3.63) is 45.1 Å². The summed E-state index contributed by atoms with van der Waals surface area (Å²) in [5.74, 6) is 0.689. The van der Waals surface area contributed by atoms with Crippen LogP contribution in [0.3, 0.4) is 0 Å². The highest BCUT2D eigenvalue weighted by Gasteiger charge is 2.35. The molecule has 0 aromatic carbocycles. The Hall–Kier alpha value is -1.64. The van der Waals surface area contributed by atoms with E-state index in [9.17, 15) is 9.59 Å². The molecule has 0 saturated carbocycles. The van der Waals surface area contributed by atoms with Crippen LogP contribution in [0.25, 0.3) is 0 Å². The number of halogens is 1. The Labute approximate surface area is 159 Å². The van der Waals surface area contributed by atoms with E-state index < -0.39 is 6.04 Å². The van der Waals surface area contributed by atoms with Crippen molar-refractivity contribution >= 4 is 46.5 Å². The normalized spacial score (nSPS) is 16.9. The van der Waals surface area contributed by atoms with Gasteiger partial charge in [0, 0.05) is 17.3 Å². The Morgan fingerprint density at radius 2 is 2.28 bits per heavy atom. The third-order valence-electron chi connectivity index (χ3n) is 3.77. The summed E-state index contributed by atoms with van der Waals surface area (Å²) in [5, 5.41) is 6.21. The van der Waals surface area contributed by atoms with Crippen molar-refractivity contribution < 1.29 is 9.59 Å². The lowest BCUT2D eigenvalue weighted by molar-refractivity contribution is -0.124. The predicted molar refractivity (Wildman–Crippen MR) is 99.9 cm³/mol. The number of nitrogens with one attached hydrogen (secondary N) is 1. The molecule has 0 aliphatic carbocycles. The number of pyridine rings is 1. The van der Waals surface area contributed by atoms with Gasteiger partial charge in [0.1, 0.15) is 11.2 Å². The van der Waals surface area contributed by atoms with Gasteiger partial charge in [0.05, 0.1) is 28.7 Å². The topological polar surface area (TPSA) is 75.2 Å². The number of amides is 2. The highest BCUT2D eigenvalue weighted by Crippen LogP contribution is 2.23. The number of thioether (sulfide) groups is 1. The molecule has 0 bridgehead atoms. The van der Waals surface area contributed by atoms with E-state index in [1.165, 1.54) is 6.20 Å². The van der Waals surface area contributed by atoms with E-state index in [4.69, 9.17) is 11.6 Å². The zero-order chi connectivity index (χ0) is 17.8. The fourth-order valence-corrected chi connectivity index (χ4v) is 4.43. The molecule has 1 atom stereocenters. The molecule has 1 unspecified atom stereocenters. The molecular formula is C16H17ClN4O2S2. The van der Waals surface area contributed by atoms with Crippen molar-refractivity contribution in [2.75, 3.05) is 11.6 Å². The first-order valence-electron chi connectivity index (χ1n) is 7.79. The van der Waals surface area contributed by atoms with Gasteiger partial charge in [0.25, 0.3) is 5.91 Å². The third-order valence-corrected chi connectivity index (χ3v) is 6.04. The quantitative estimate of drug-likeness (QED) is 0.786. The zero-order valence-corrected chi connectivity index (χ0v) is 16.0. The lowest BCUT2D eigenvalue weighted by atomic mass is 10.2. The third kappa shape index (κ3) is 4.31. The summed E-state index contributed by atoms with van der Waals surface area (Å²) >= 11 is 8.90. The second kappa shape index (κ2) is 8.16. The number of aromatic nitrogens is 2. The van der Waals surface area contributed by atoms with Crippen LogP contribution in [0.15, 0.2) is 23.7 Å². The summed E-state index contributed by atoms with van der Waals surface area (Å²) in [4.78, 5) is 35.1. The molecular weight excluding hydrogens is 380 g/mol. The predicted octanol–water partition coefficient (Wildman–Crippen LogP) is 2.59. The summed E-state index contributed by atoms with van der Waals surface area (Å²) in [6, 6.07) is 2.70. The highest BCUT2D eigenvalue weighted by atomic mass is 35.5. The van der Waals surface area contributed by atoms with Crippen LogP contribution in [0.2, 0.25) is 5.15 Å². The first-order valence-corrected chi connectivity index (χ1v) is 10.2. The second-order valence-corrected chi connectivity index (χ2v) is 7.79. The van der Waals surface area contributed by atoms with Crippen molar-refractivity contribution in [2.45, 2.75) is 25.9 Å². The lowest BCUT2D eigenvalue weighted by Gasteiger charge is -2.22. The van der Waals surface area contributed by atoms with Crippen LogP contribution >= 0.6 is 34.7 Å². The number of rotatable bonds is 5. The SMILES string of the molecule is CCc1nc(CNC(=O)C2CSCN2C(=O)c2ccc(Cl)nc2)cs1. The minimum atomic E-state index is -0.488. The summed E-state index contributed by atoms with van der Waals surface area (Å²) in [7, 11) is 0. The van der Waals surface area contributed by atoms with Crippen LogP contribution in [0.1, 0.15) is 28.0 Å². The van der Waals surface area contributed by atoms with Gasteiger partial charge in [0.2, 0.25) is 5.91 Å². The van der Waals surface area contributed by atoms with Crippen molar-refractivity contribution in [1.29, 1.82) is 0 Å². The number of hydrogen-bond acceptors (Lipinski definition) is 6. The van der Waals surface area contributed by atoms with E-state index in [-0.39, 0.29) is 11.8 Å². The van der Waals surface area contributed by atoms with Gasteiger partial charge in [-0.15, -0.1) is 23.1 Å². The Balaban J connectivity index is 1.62. The van der Waals surface area contributed by atoms with Gasteiger partial charge in [-0.25, -0.2) is 9.97 Å². The number of thiazole rings is 1. The Morgan fingerprint density at radius 1 is 1.44 bits per heavy atom. The molecule has 2 aromatic heterocycles. The van der Waals surface area contributed by atoms with E-state index in [1.807, 2.05) is 12.3 Å². The number of carbonyl (C=O) groups excluding carboxylic acids is 2. The standard InChI is InChI=1S/C16H17ClN4O2S2/c1-2-14-20-11(7-25-14)6-19-15(22)12-8-24-9-21(12)16(23)10-3-4-13(17)18-5-10/h3-5,7,12H,2,6,8-9H2,1H3,(H,19,22). The van der Waals surface area contributed by atoms with Gasteiger partial charge < -0.3 is 10.2 Å². The summed E-state index contributed by atoms with van der Waals surface area (Å²) in [6.45, 7) is 2.42. The van der Waals surface area contributed by atoms with Gasteiger partial charge in [-0.05, 0) is 18.6 Å². The number of carbonyl (C=O) groups is 2.